The molecule has 2 heterocycles. The number of alkyl halides is 3. The number of hydrazone groups is 1. The lowest BCUT2D eigenvalue weighted by atomic mass is 9.93. The van der Waals surface area contributed by atoms with E-state index in [1.54, 1.807) is 19.2 Å². The van der Waals surface area contributed by atoms with Gasteiger partial charge in [-0.25, -0.2) is 5.43 Å². The molecule has 1 aliphatic rings. The normalized spacial score (nSPS) is 14.6. The summed E-state index contributed by atoms with van der Waals surface area (Å²) in [6.07, 6.45) is 0.251. The zero-order valence-corrected chi connectivity index (χ0v) is 19.4. The number of furan rings is 1. The highest BCUT2D eigenvalue weighted by atomic mass is 79.9. The standard InChI is InChI=1S/C23H18BrF3N4O3/c1-12-19-17(30-31-21(32)13-8-15(24)11-28-10-13)6-3-7-18(19)34-20(12)22(33)29-16-5-2-4-14(9-16)23(25,26)27/h2,4-5,8-11H,3,6-7H2,1H3,(H,29,33)(H,31,32)/b30-17+. The highest BCUT2D eigenvalue weighted by Gasteiger charge is 2.31. The summed E-state index contributed by atoms with van der Waals surface area (Å²) in [6, 6.07) is 5.97. The number of rotatable bonds is 4. The Hall–Kier alpha value is -3.47. The summed E-state index contributed by atoms with van der Waals surface area (Å²) in [4.78, 5) is 29.1. The monoisotopic (exact) mass is 534 g/mol. The van der Waals surface area contributed by atoms with E-state index >= 15 is 0 Å². The number of aromatic nitrogens is 1. The second kappa shape index (κ2) is 9.41. The van der Waals surface area contributed by atoms with Crippen molar-refractivity contribution in [2.24, 2.45) is 5.10 Å². The Morgan fingerprint density at radius 3 is 2.68 bits per heavy atom. The Morgan fingerprint density at radius 2 is 1.94 bits per heavy atom. The Morgan fingerprint density at radius 1 is 1.15 bits per heavy atom. The number of fused-ring (bicyclic) bond motifs is 1. The van der Waals surface area contributed by atoms with Crippen LogP contribution in [-0.2, 0) is 12.6 Å². The quantitative estimate of drug-likeness (QED) is 0.432. The number of nitrogens with one attached hydrogen (secondary N) is 2. The van der Waals surface area contributed by atoms with Crippen LogP contribution >= 0.6 is 15.9 Å². The molecular weight excluding hydrogens is 517 g/mol. The summed E-state index contributed by atoms with van der Waals surface area (Å²) in [5.74, 6) is -0.596. The highest BCUT2D eigenvalue weighted by molar-refractivity contribution is 9.10. The first-order chi connectivity index (χ1) is 16.1. The molecule has 1 aliphatic carbocycles. The number of nitrogens with zero attached hydrogens (tertiary/aromatic N) is 2. The van der Waals surface area contributed by atoms with Gasteiger partial charge >= 0.3 is 6.18 Å². The third-order valence-electron chi connectivity index (χ3n) is 5.24. The summed E-state index contributed by atoms with van der Waals surface area (Å²) < 4.78 is 45.3. The fourth-order valence-corrected chi connectivity index (χ4v) is 4.04. The van der Waals surface area contributed by atoms with Crippen LogP contribution in [0.2, 0.25) is 0 Å². The van der Waals surface area contributed by atoms with E-state index in [9.17, 15) is 22.8 Å². The maximum absolute atomic E-state index is 13.0. The largest absolute Gasteiger partial charge is 0.455 e. The maximum atomic E-state index is 13.0. The van der Waals surface area contributed by atoms with Gasteiger partial charge in [0.15, 0.2) is 5.76 Å². The molecule has 0 fully saturated rings. The van der Waals surface area contributed by atoms with Crippen molar-refractivity contribution in [1.29, 1.82) is 0 Å². The van der Waals surface area contributed by atoms with Crippen molar-refractivity contribution in [3.05, 3.63) is 81.0 Å². The molecule has 7 nitrogen and oxygen atoms in total. The minimum absolute atomic E-state index is 0.00242. The third-order valence-corrected chi connectivity index (χ3v) is 5.67. The molecule has 0 atom stereocenters. The molecule has 2 amide bonds. The predicted octanol–water partition coefficient (Wildman–Crippen LogP) is 5.49. The second-order valence-electron chi connectivity index (χ2n) is 7.63. The van der Waals surface area contributed by atoms with Crippen LogP contribution in [-0.4, -0.2) is 22.5 Å². The van der Waals surface area contributed by atoms with Crippen molar-refractivity contribution >= 4 is 39.1 Å². The van der Waals surface area contributed by atoms with Gasteiger partial charge in [0.05, 0.1) is 16.8 Å². The highest BCUT2D eigenvalue weighted by Crippen LogP contribution is 2.32. The van der Waals surface area contributed by atoms with Gasteiger partial charge in [-0.05, 0) is 60.0 Å². The summed E-state index contributed by atoms with van der Waals surface area (Å²) in [5.41, 5.74) is 3.62. The summed E-state index contributed by atoms with van der Waals surface area (Å²) in [6.45, 7) is 1.67. The van der Waals surface area contributed by atoms with Crippen molar-refractivity contribution in [3.8, 4) is 0 Å². The molecule has 0 radical (unpaired) electrons. The first kappa shape index (κ1) is 23.7. The molecule has 0 bridgehead atoms. The smallest absolute Gasteiger partial charge is 0.416 e. The number of hydrogen-bond donors (Lipinski definition) is 2. The van der Waals surface area contributed by atoms with E-state index in [1.165, 1.54) is 18.3 Å². The van der Waals surface area contributed by atoms with Gasteiger partial charge in [0, 0.05) is 40.1 Å². The van der Waals surface area contributed by atoms with E-state index in [0.717, 1.165) is 12.1 Å². The Kier molecular flexibility index (Phi) is 6.56. The van der Waals surface area contributed by atoms with Crippen LogP contribution < -0.4 is 10.7 Å². The van der Waals surface area contributed by atoms with Crippen LogP contribution in [0, 0.1) is 6.92 Å². The molecule has 3 aromatic rings. The van der Waals surface area contributed by atoms with E-state index in [0.29, 0.717) is 51.9 Å². The van der Waals surface area contributed by atoms with Crippen molar-refractivity contribution in [2.75, 3.05) is 5.32 Å². The van der Waals surface area contributed by atoms with Gasteiger partial charge in [0.1, 0.15) is 5.76 Å². The summed E-state index contributed by atoms with van der Waals surface area (Å²) in [5, 5.41) is 6.70. The number of halogens is 4. The molecule has 0 saturated carbocycles. The van der Waals surface area contributed by atoms with E-state index in [4.69, 9.17) is 4.42 Å². The van der Waals surface area contributed by atoms with E-state index in [1.807, 2.05) is 0 Å². The molecule has 0 spiro atoms. The molecule has 176 valence electrons. The van der Waals surface area contributed by atoms with Crippen molar-refractivity contribution in [2.45, 2.75) is 32.4 Å². The van der Waals surface area contributed by atoms with Crippen molar-refractivity contribution < 1.29 is 27.2 Å². The van der Waals surface area contributed by atoms with Gasteiger partial charge in [-0.1, -0.05) is 6.07 Å². The van der Waals surface area contributed by atoms with E-state index in [-0.39, 0.29) is 11.4 Å². The molecule has 0 unspecified atom stereocenters. The van der Waals surface area contributed by atoms with Gasteiger partial charge in [0.2, 0.25) is 0 Å². The number of carbonyl (C=O) groups excluding carboxylic acids is 2. The number of benzene rings is 1. The molecule has 4 rings (SSSR count). The number of hydrogen-bond acceptors (Lipinski definition) is 5. The lowest BCUT2D eigenvalue weighted by molar-refractivity contribution is -0.137. The minimum atomic E-state index is -4.53. The lowest BCUT2D eigenvalue weighted by Gasteiger charge is -2.13. The van der Waals surface area contributed by atoms with E-state index < -0.39 is 23.6 Å². The molecule has 0 aliphatic heterocycles. The number of pyridine rings is 1. The van der Waals surface area contributed by atoms with Gasteiger partial charge in [-0.3, -0.25) is 14.6 Å². The Labute approximate surface area is 200 Å². The van der Waals surface area contributed by atoms with Crippen LogP contribution in [0.15, 0.2) is 56.7 Å². The fourth-order valence-electron chi connectivity index (χ4n) is 3.68. The van der Waals surface area contributed by atoms with Crippen molar-refractivity contribution in [1.82, 2.24) is 10.4 Å². The Balaban J connectivity index is 1.56. The van der Waals surface area contributed by atoms with Crippen LogP contribution in [0.25, 0.3) is 0 Å². The average molecular weight is 535 g/mol. The molecular formula is C23H18BrF3N4O3. The zero-order valence-electron chi connectivity index (χ0n) is 17.8. The Bertz CT molecular complexity index is 1300. The molecule has 1 aromatic carbocycles. The lowest BCUT2D eigenvalue weighted by Crippen LogP contribution is -2.22. The molecule has 11 heteroatoms. The van der Waals surface area contributed by atoms with E-state index in [2.05, 4.69) is 36.8 Å². The number of anilines is 1. The van der Waals surface area contributed by atoms with Crippen LogP contribution in [0.5, 0.6) is 0 Å². The maximum Gasteiger partial charge on any atom is 0.416 e. The first-order valence-corrected chi connectivity index (χ1v) is 11.0. The predicted molar refractivity (Wildman–Crippen MR) is 122 cm³/mol. The fraction of sp³-hybridized carbons (Fsp3) is 0.217. The van der Waals surface area contributed by atoms with Gasteiger partial charge in [-0.15, -0.1) is 0 Å². The first-order valence-electron chi connectivity index (χ1n) is 10.2. The van der Waals surface area contributed by atoms with Crippen LogP contribution in [0.3, 0.4) is 0 Å². The molecule has 2 N–H and O–H groups in total. The number of aryl methyl sites for hydroxylation is 1. The molecule has 34 heavy (non-hydrogen) atoms. The SMILES string of the molecule is Cc1c(C(=O)Nc2cccc(C(F)(F)F)c2)oc2c1/C(=N/NC(=O)c1cncc(Br)c1)CCC2. The molecule has 2 aromatic heterocycles. The van der Waals surface area contributed by atoms with Gasteiger partial charge in [-0.2, -0.15) is 18.3 Å². The second-order valence-corrected chi connectivity index (χ2v) is 8.55. The van der Waals surface area contributed by atoms with Crippen LogP contribution in [0.1, 0.15) is 56.2 Å². The zero-order chi connectivity index (χ0) is 24.5. The minimum Gasteiger partial charge on any atom is -0.455 e. The number of carbonyl (C=O) groups is 2. The van der Waals surface area contributed by atoms with Gasteiger partial charge in [0.25, 0.3) is 11.8 Å². The third kappa shape index (κ3) is 5.04. The summed E-state index contributed by atoms with van der Waals surface area (Å²) >= 11 is 3.26. The summed E-state index contributed by atoms with van der Waals surface area (Å²) in [7, 11) is 0. The molecule has 0 saturated heterocycles. The van der Waals surface area contributed by atoms with Crippen molar-refractivity contribution in [3.63, 3.8) is 0 Å². The van der Waals surface area contributed by atoms with Crippen LogP contribution in [0.4, 0.5) is 18.9 Å². The average Bonchev–Trinajstić information content (AvgIpc) is 3.14. The van der Waals surface area contributed by atoms with Gasteiger partial charge < -0.3 is 9.73 Å². The number of amides is 2. The topological polar surface area (TPSA) is 96.6 Å².